The summed E-state index contributed by atoms with van der Waals surface area (Å²) >= 11 is 6.42. The number of anilines is 1. The molecule has 2 amide bonds. The Kier molecular flexibility index (Phi) is 18.6. The van der Waals surface area contributed by atoms with Crippen LogP contribution >= 0.6 is 31.9 Å². The summed E-state index contributed by atoms with van der Waals surface area (Å²) in [5.74, 6) is 0.271. The number of pyridine rings is 2. The molecule has 0 aromatic carbocycles. The van der Waals surface area contributed by atoms with Crippen molar-refractivity contribution in [3.05, 3.63) is 43.6 Å². The van der Waals surface area contributed by atoms with Crippen LogP contribution in [-0.4, -0.2) is 86.5 Å². The standard InChI is InChI=1S/C15H22BrN3O5.C15H24BrN3O3.Fe/c1-10(2)18(14(20)24-15(3,4)5)6-7-23-13-12(19(21)22)8-11(16)9-17-13;1-10(2)19(14(20)22-15(3,4)5)6-7-21-13-12(17)8-11(16)9-18-13;/h8-10H,6-7H2,1-5H3;8-10H,6-7,17H2,1-5H3;. The first-order chi connectivity index (χ1) is 21.1. The van der Waals surface area contributed by atoms with Crippen LogP contribution in [0.25, 0.3) is 0 Å². The predicted molar refractivity (Wildman–Crippen MR) is 182 cm³/mol. The summed E-state index contributed by atoms with van der Waals surface area (Å²) in [4.78, 5) is 45.9. The van der Waals surface area contributed by atoms with Gasteiger partial charge in [-0.1, -0.05) is 0 Å². The van der Waals surface area contributed by atoms with Gasteiger partial charge in [-0.3, -0.25) is 10.1 Å². The summed E-state index contributed by atoms with van der Waals surface area (Å²) in [6.45, 7) is 19.4. The number of ether oxygens (including phenoxy) is 4. The van der Waals surface area contributed by atoms with Crippen molar-refractivity contribution < 1.29 is 50.5 Å². The monoisotopic (exact) mass is 832 g/mol. The number of nitrogen functional groups attached to an aromatic ring is 1. The zero-order valence-corrected chi connectivity index (χ0v) is 32.8. The molecule has 2 rings (SSSR count). The summed E-state index contributed by atoms with van der Waals surface area (Å²) in [5, 5.41) is 11.0. The second kappa shape index (κ2) is 19.8. The zero-order chi connectivity index (χ0) is 35.4. The van der Waals surface area contributed by atoms with Gasteiger partial charge < -0.3 is 34.5 Å². The summed E-state index contributed by atoms with van der Waals surface area (Å²) in [7, 11) is 0. The molecule has 0 fully saturated rings. The van der Waals surface area contributed by atoms with Gasteiger partial charge >= 0.3 is 17.9 Å². The fourth-order valence-corrected chi connectivity index (χ4v) is 4.13. The molecule has 2 aromatic heterocycles. The van der Waals surface area contributed by atoms with Crippen LogP contribution in [0, 0.1) is 10.1 Å². The molecule has 0 spiro atoms. The number of nitrogens with zero attached hydrogens (tertiary/aromatic N) is 5. The molecule has 2 aromatic rings. The number of carbonyl (C=O) groups excluding carboxylic acids is 2. The molecule has 0 unspecified atom stereocenters. The Hall–Kier alpha value is -2.88. The minimum atomic E-state index is -0.600. The molecule has 14 nitrogen and oxygen atoms in total. The molecular formula is C30H46Br2FeN6O8. The average Bonchev–Trinajstić information content (AvgIpc) is 2.88. The Labute approximate surface area is 304 Å². The third kappa shape index (κ3) is 17.2. The van der Waals surface area contributed by atoms with E-state index < -0.39 is 22.2 Å². The number of nitro groups is 1. The quantitative estimate of drug-likeness (QED) is 0.138. The molecule has 266 valence electrons. The van der Waals surface area contributed by atoms with E-state index in [0.717, 1.165) is 4.47 Å². The van der Waals surface area contributed by atoms with Crippen molar-refractivity contribution in [2.45, 2.75) is 92.5 Å². The molecular weight excluding hydrogens is 788 g/mol. The molecule has 2 N–H and O–H groups in total. The van der Waals surface area contributed by atoms with Crippen LogP contribution in [0.4, 0.5) is 21.0 Å². The number of rotatable bonds is 11. The Morgan fingerprint density at radius 1 is 0.830 bits per heavy atom. The van der Waals surface area contributed by atoms with Crippen LogP contribution in [0.2, 0.25) is 0 Å². The minimum absolute atomic E-state index is 0. The molecule has 17 heteroatoms. The molecule has 47 heavy (non-hydrogen) atoms. The third-order valence-corrected chi connectivity index (χ3v) is 6.35. The van der Waals surface area contributed by atoms with Crippen molar-refractivity contribution >= 4 is 55.4 Å². The maximum Gasteiger partial charge on any atom is 0.410 e. The average molecular weight is 834 g/mol. The summed E-state index contributed by atoms with van der Waals surface area (Å²) < 4.78 is 22.9. The van der Waals surface area contributed by atoms with E-state index in [-0.39, 0.29) is 66.6 Å². The van der Waals surface area contributed by atoms with Gasteiger partial charge in [-0.15, -0.1) is 0 Å². The first kappa shape index (κ1) is 44.1. The number of amides is 2. The van der Waals surface area contributed by atoms with Crippen LogP contribution in [-0.2, 0) is 26.5 Å². The third-order valence-electron chi connectivity index (χ3n) is 5.49. The van der Waals surface area contributed by atoms with Crippen LogP contribution in [0.15, 0.2) is 33.5 Å². The molecule has 0 aliphatic rings. The van der Waals surface area contributed by atoms with Crippen LogP contribution in [0.1, 0.15) is 69.2 Å². The van der Waals surface area contributed by atoms with Gasteiger partial charge in [0.2, 0.25) is 5.88 Å². The largest absolute Gasteiger partial charge is 0.474 e. The van der Waals surface area contributed by atoms with E-state index in [9.17, 15) is 19.7 Å². The van der Waals surface area contributed by atoms with Crippen molar-refractivity contribution in [1.82, 2.24) is 19.8 Å². The maximum absolute atomic E-state index is 12.2. The minimum Gasteiger partial charge on any atom is -0.474 e. The van der Waals surface area contributed by atoms with Crippen molar-refractivity contribution in [1.29, 1.82) is 0 Å². The Morgan fingerprint density at radius 2 is 1.21 bits per heavy atom. The van der Waals surface area contributed by atoms with Crippen LogP contribution < -0.4 is 15.2 Å². The number of hydrogen-bond acceptors (Lipinski definition) is 11. The molecule has 0 bridgehead atoms. The fraction of sp³-hybridized carbons (Fsp3) is 0.600. The summed E-state index contributed by atoms with van der Waals surface area (Å²) in [6, 6.07) is 2.94. The number of aromatic nitrogens is 2. The zero-order valence-electron chi connectivity index (χ0n) is 28.5. The SMILES string of the molecule is CC(C)N(CCOc1ncc(Br)cc1N)C(=O)OC(C)(C)C.CC(C)N(CCOc1ncc(Br)cc1[N+](=O)[O-])C(=O)OC(C)(C)C.[Fe]. The second-order valence-electron chi connectivity index (χ2n) is 12.5. The van der Waals surface area contributed by atoms with Gasteiger partial charge in [0.25, 0.3) is 5.88 Å². The number of halogens is 2. The van der Waals surface area contributed by atoms with Gasteiger partial charge in [-0.2, -0.15) is 0 Å². The molecule has 0 saturated carbocycles. The van der Waals surface area contributed by atoms with Crippen LogP contribution in [0.5, 0.6) is 11.8 Å². The van der Waals surface area contributed by atoms with E-state index >= 15 is 0 Å². The van der Waals surface area contributed by atoms with Gasteiger partial charge in [-0.25, -0.2) is 19.6 Å². The van der Waals surface area contributed by atoms with Crippen molar-refractivity contribution in [2.24, 2.45) is 0 Å². The summed E-state index contributed by atoms with van der Waals surface area (Å²) in [5.41, 5.74) is 4.90. The number of carbonyl (C=O) groups is 2. The number of hydrogen-bond donors (Lipinski definition) is 1. The predicted octanol–water partition coefficient (Wildman–Crippen LogP) is 7.22. The van der Waals surface area contributed by atoms with E-state index in [4.69, 9.17) is 24.7 Å². The van der Waals surface area contributed by atoms with Gasteiger partial charge in [0.15, 0.2) is 0 Å². The molecule has 0 aliphatic heterocycles. The van der Waals surface area contributed by atoms with Crippen molar-refractivity contribution in [2.75, 3.05) is 32.0 Å². The molecule has 0 atom stereocenters. The molecule has 0 aliphatic carbocycles. The second-order valence-corrected chi connectivity index (χ2v) is 14.3. The van der Waals surface area contributed by atoms with Crippen molar-refractivity contribution in [3.63, 3.8) is 0 Å². The summed E-state index contributed by atoms with van der Waals surface area (Å²) in [6.07, 6.45) is 2.21. The van der Waals surface area contributed by atoms with E-state index in [0.29, 0.717) is 22.6 Å². The fourth-order valence-electron chi connectivity index (χ4n) is 3.46. The van der Waals surface area contributed by atoms with E-state index in [1.54, 1.807) is 37.9 Å². The Balaban J connectivity index is 0.000000885. The van der Waals surface area contributed by atoms with E-state index in [1.165, 1.54) is 17.2 Å². The van der Waals surface area contributed by atoms with Gasteiger partial charge in [0, 0.05) is 56.6 Å². The normalized spacial score (nSPS) is 11.1. The Bertz CT molecular complexity index is 1320. The molecule has 0 saturated heterocycles. The first-order valence-electron chi connectivity index (χ1n) is 14.6. The van der Waals surface area contributed by atoms with Crippen molar-refractivity contribution in [3.8, 4) is 11.8 Å². The van der Waals surface area contributed by atoms with Gasteiger partial charge in [0.1, 0.15) is 24.4 Å². The van der Waals surface area contributed by atoms with E-state index in [1.807, 2.05) is 48.5 Å². The topological polar surface area (TPSA) is 172 Å². The maximum atomic E-state index is 12.2. The van der Waals surface area contributed by atoms with E-state index in [2.05, 4.69) is 41.8 Å². The number of nitrogens with two attached hydrogens (primary N) is 1. The smallest absolute Gasteiger partial charge is 0.410 e. The van der Waals surface area contributed by atoms with Crippen LogP contribution in [0.3, 0.4) is 0 Å². The Morgan fingerprint density at radius 3 is 1.57 bits per heavy atom. The molecule has 2 heterocycles. The first-order valence-corrected chi connectivity index (χ1v) is 16.2. The molecule has 0 radical (unpaired) electrons. The van der Waals surface area contributed by atoms with Gasteiger partial charge in [-0.05, 0) is 107 Å². The van der Waals surface area contributed by atoms with Gasteiger partial charge in [0.05, 0.1) is 23.7 Å².